The first kappa shape index (κ1) is 11.1. The molecule has 0 aliphatic heterocycles. The van der Waals surface area contributed by atoms with Crippen LogP contribution in [0.1, 0.15) is 17.2 Å². The van der Waals surface area contributed by atoms with Gasteiger partial charge in [-0.25, -0.2) is 9.82 Å². The number of nitrogens with one attached hydrogen (secondary N) is 1. The average molecular weight is 241 g/mol. The molecule has 3 N–H and O–H groups in total. The van der Waals surface area contributed by atoms with Gasteiger partial charge in [-0.3, -0.25) is 5.84 Å². The van der Waals surface area contributed by atoms with E-state index in [-0.39, 0.29) is 5.02 Å². The van der Waals surface area contributed by atoms with Crippen LogP contribution in [0, 0.1) is 5.82 Å². The average Bonchev–Trinajstić information content (AvgIpc) is 2.79. The van der Waals surface area contributed by atoms with Crippen LogP contribution in [0.2, 0.25) is 5.02 Å². The Morgan fingerprint density at radius 2 is 2.19 bits per heavy atom. The van der Waals surface area contributed by atoms with Crippen molar-refractivity contribution in [2.45, 2.75) is 6.04 Å². The maximum Gasteiger partial charge on any atom is 0.146 e. The second-order valence-electron chi connectivity index (χ2n) is 3.30. The predicted octanol–water partition coefficient (Wildman–Crippen LogP) is 2.62. The van der Waals surface area contributed by atoms with E-state index in [1.54, 1.807) is 18.2 Å². The lowest BCUT2D eigenvalue weighted by molar-refractivity contribution is 0.539. The largest absolute Gasteiger partial charge is 0.472 e. The molecule has 3 nitrogen and oxygen atoms in total. The first-order valence-corrected chi connectivity index (χ1v) is 5.04. The van der Waals surface area contributed by atoms with Gasteiger partial charge in [0.25, 0.3) is 0 Å². The number of nitrogens with two attached hydrogens (primary N) is 1. The van der Waals surface area contributed by atoms with Gasteiger partial charge in [-0.2, -0.15) is 0 Å². The summed E-state index contributed by atoms with van der Waals surface area (Å²) in [6, 6.07) is 6.02. The Balaban J connectivity index is 2.45. The van der Waals surface area contributed by atoms with Crippen molar-refractivity contribution in [1.29, 1.82) is 0 Å². The van der Waals surface area contributed by atoms with E-state index in [2.05, 4.69) is 5.43 Å². The minimum Gasteiger partial charge on any atom is -0.472 e. The summed E-state index contributed by atoms with van der Waals surface area (Å²) < 4.78 is 18.7. The second kappa shape index (κ2) is 4.65. The van der Waals surface area contributed by atoms with Crippen LogP contribution in [0.4, 0.5) is 4.39 Å². The molecule has 0 saturated heterocycles. The summed E-state index contributed by atoms with van der Waals surface area (Å²) in [6.07, 6.45) is 3.01. The van der Waals surface area contributed by atoms with E-state index in [9.17, 15) is 4.39 Å². The van der Waals surface area contributed by atoms with Gasteiger partial charge in [-0.1, -0.05) is 23.7 Å². The zero-order chi connectivity index (χ0) is 11.5. The van der Waals surface area contributed by atoms with Crippen molar-refractivity contribution in [3.05, 3.63) is 58.8 Å². The van der Waals surface area contributed by atoms with Gasteiger partial charge in [0.1, 0.15) is 5.82 Å². The fourth-order valence-corrected chi connectivity index (χ4v) is 1.73. The summed E-state index contributed by atoms with van der Waals surface area (Å²) in [7, 11) is 0. The molecule has 0 spiro atoms. The topological polar surface area (TPSA) is 51.2 Å². The molecule has 2 rings (SSSR count). The van der Waals surface area contributed by atoms with Gasteiger partial charge in [0, 0.05) is 11.1 Å². The SMILES string of the molecule is NNC(c1ccoc1)c1cccc(Cl)c1F. The molecular formula is C11H10ClFN2O. The van der Waals surface area contributed by atoms with Crippen LogP contribution in [0.5, 0.6) is 0 Å². The number of furan rings is 1. The van der Waals surface area contributed by atoms with Gasteiger partial charge >= 0.3 is 0 Å². The Labute approximate surface area is 97.0 Å². The quantitative estimate of drug-likeness (QED) is 0.641. The molecule has 0 saturated carbocycles. The van der Waals surface area contributed by atoms with E-state index in [0.29, 0.717) is 5.56 Å². The highest BCUT2D eigenvalue weighted by atomic mass is 35.5. The molecule has 5 heteroatoms. The standard InChI is InChI=1S/C11H10ClFN2O/c12-9-3-1-2-8(10(9)13)11(15-14)7-4-5-16-6-7/h1-6,11,15H,14H2. The molecule has 16 heavy (non-hydrogen) atoms. The molecule has 1 aromatic carbocycles. The van der Waals surface area contributed by atoms with Crippen molar-refractivity contribution in [3.63, 3.8) is 0 Å². The Hall–Kier alpha value is -1.36. The van der Waals surface area contributed by atoms with Crippen molar-refractivity contribution >= 4 is 11.6 Å². The molecule has 0 aliphatic rings. The van der Waals surface area contributed by atoms with Gasteiger partial charge in [-0.15, -0.1) is 0 Å². The first-order valence-electron chi connectivity index (χ1n) is 4.66. The maximum absolute atomic E-state index is 13.8. The fraction of sp³-hybridized carbons (Fsp3) is 0.0909. The minimum atomic E-state index is -0.478. The molecule has 1 aromatic heterocycles. The highest BCUT2D eigenvalue weighted by Gasteiger charge is 2.18. The third-order valence-electron chi connectivity index (χ3n) is 2.34. The molecule has 0 radical (unpaired) electrons. The lowest BCUT2D eigenvalue weighted by Gasteiger charge is -2.15. The number of benzene rings is 1. The number of rotatable bonds is 3. The van der Waals surface area contributed by atoms with Gasteiger partial charge in [-0.05, 0) is 12.1 Å². The van der Waals surface area contributed by atoms with Gasteiger partial charge in [0.05, 0.1) is 23.6 Å². The number of hydrogen-bond donors (Lipinski definition) is 2. The molecule has 0 amide bonds. The second-order valence-corrected chi connectivity index (χ2v) is 3.71. The summed E-state index contributed by atoms with van der Waals surface area (Å²) in [4.78, 5) is 0. The molecule has 84 valence electrons. The first-order chi connectivity index (χ1) is 7.74. The fourth-order valence-electron chi connectivity index (χ4n) is 1.55. The molecule has 0 fully saturated rings. The summed E-state index contributed by atoms with van der Waals surface area (Å²) in [6.45, 7) is 0. The molecule has 0 bridgehead atoms. The third kappa shape index (κ3) is 1.95. The van der Waals surface area contributed by atoms with Crippen molar-refractivity contribution < 1.29 is 8.81 Å². The van der Waals surface area contributed by atoms with E-state index in [1.807, 2.05) is 0 Å². The van der Waals surface area contributed by atoms with Crippen LogP contribution in [-0.4, -0.2) is 0 Å². The Kier molecular flexibility index (Phi) is 3.24. The van der Waals surface area contributed by atoms with E-state index < -0.39 is 11.9 Å². The maximum atomic E-state index is 13.8. The normalized spacial score (nSPS) is 12.7. The summed E-state index contributed by atoms with van der Waals surface area (Å²) in [5, 5.41) is 0.0706. The van der Waals surface area contributed by atoms with Gasteiger partial charge in [0.2, 0.25) is 0 Å². The summed E-state index contributed by atoms with van der Waals surface area (Å²) in [5.41, 5.74) is 3.66. The van der Waals surface area contributed by atoms with Crippen LogP contribution >= 0.6 is 11.6 Å². The van der Waals surface area contributed by atoms with Crippen LogP contribution in [0.25, 0.3) is 0 Å². The Morgan fingerprint density at radius 1 is 1.38 bits per heavy atom. The minimum absolute atomic E-state index is 0.0706. The lowest BCUT2D eigenvalue weighted by Crippen LogP contribution is -2.29. The highest BCUT2D eigenvalue weighted by Crippen LogP contribution is 2.27. The van der Waals surface area contributed by atoms with Crippen LogP contribution < -0.4 is 11.3 Å². The van der Waals surface area contributed by atoms with Crippen molar-refractivity contribution in [2.24, 2.45) is 5.84 Å². The van der Waals surface area contributed by atoms with Gasteiger partial charge in [0.15, 0.2) is 0 Å². The predicted molar refractivity (Wildman–Crippen MR) is 59.3 cm³/mol. The van der Waals surface area contributed by atoms with E-state index in [4.69, 9.17) is 21.9 Å². The summed E-state index contributed by atoms with van der Waals surface area (Å²) in [5.74, 6) is 4.94. The highest BCUT2D eigenvalue weighted by molar-refractivity contribution is 6.30. The molecule has 2 aromatic rings. The zero-order valence-corrected chi connectivity index (χ0v) is 9.04. The lowest BCUT2D eigenvalue weighted by atomic mass is 10.0. The third-order valence-corrected chi connectivity index (χ3v) is 2.63. The smallest absolute Gasteiger partial charge is 0.146 e. The molecule has 1 heterocycles. The van der Waals surface area contributed by atoms with Gasteiger partial charge < -0.3 is 4.42 Å². The van der Waals surface area contributed by atoms with E-state index >= 15 is 0 Å². The van der Waals surface area contributed by atoms with Crippen molar-refractivity contribution in [3.8, 4) is 0 Å². The van der Waals surface area contributed by atoms with E-state index in [0.717, 1.165) is 5.56 Å². The number of hydrogen-bond acceptors (Lipinski definition) is 3. The van der Waals surface area contributed by atoms with E-state index in [1.165, 1.54) is 18.6 Å². The molecule has 1 atom stereocenters. The molecule has 0 aliphatic carbocycles. The number of halogens is 2. The molecular weight excluding hydrogens is 231 g/mol. The van der Waals surface area contributed by atoms with Crippen molar-refractivity contribution in [2.75, 3.05) is 0 Å². The Bertz CT molecular complexity index is 473. The van der Waals surface area contributed by atoms with Crippen LogP contribution in [0.3, 0.4) is 0 Å². The van der Waals surface area contributed by atoms with Crippen molar-refractivity contribution in [1.82, 2.24) is 5.43 Å². The molecule has 1 unspecified atom stereocenters. The monoisotopic (exact) mass is 240 g/mol. The van der Waals surface area contributed by atoms with Crippen LogP contribution in [-0.2, 0) is 0 Å². The zero-order valence-electron chi connectivity index (χ0n) is 8.28. The summed E-state index contributed by atoms with van der Waals surface area (Å²) >= 11 is 5.71. The number of hydrazine groups is 1. The van der Waals surface area contributed by atoms with Crippen LogP contribution in [0.15, 0.2) is 41.2 Å². The Morgan fingerprint density at radius 3 is 2.81 bits per heavy atom.